The van der Waals surface area contributed by atoms with Crippen molar-refractivity contribution in [3.05, 3.63) is 24.3 Å². The molecule has 0 amide bonds. The van der Waals surface area contributed by atoms with E-state index < -0.39 is 7.82 Å². The largest absolute Gasteiger partial charge is 0.472 e. The molecule has 0 heterocycles. The van der Waals surface area contributed by atoms with Crippen LogP contribution in [0.4, 0.5) is 0 Å². The molecule has 0 aromatic rings. The first-order valence-electron chi connectivity index (χ1n) is 6.89. The van der Waals surface area contributed by atoms with Crippen LogP contribution in [0.3, 0.4) is 0 Å². The Labute approximate surface area is 127 Å². The van der Waals surface area contributed by atoms with Crippen LogP contribution in [0.1, 0.15) is 26.7 Å². The summed E-state index contributed by atoms with van der Waals surface area (Å²) in [6.45, 7) is 13.2. The molecule has 1 N–H and O–H groups in total. The highest BCUT2D eigenvalue weighted by atomic mass is 31.2. The number of phosphoric acid groups is 1. The SMILES string of the molecule is C=C(C)COCCCOP(=O)(O)OCCCOCC(=C)C. The van der Waals surface area contributed by atoms with Gasteiger partial charge in [0.2, 0.25) is 0 Å². The van der Waals surface area contributed by atoms with Gasteiger partial charge >= 0.3 is 7.82 Å². The minimum absolute atomic E-state index is 0.107. The zero-order valence-corrected chi connectivity index (χ0v) is 13.9. The van der Waals surface area contributed by atoms with Crippen molar-refractivity contribution in [2.75, 3.05) is 39.6 Å². The maximum absolute atomic E-state index is 11.5. The predicted octanol–water partition coefficient (Wildman–Crippen LogP) is 3.09. The molecule has 0 aromatic carbocycles. The fraction of sp³-hybridized carbons (Fsp3) is 0.714. The molecule has 0 radical (unpaired) electrons. The first-order chi connectivity index (χ1) is 9.83. The van der Waals surface area contributed by atoms with Crippen LogP contribution >= 0.6 is 7.82 Å². The standard InChI is InChI=1S/C14H27O6P/c1-13(2)11-17-7-5-9-19-21(15,16)20-10-6-8-18-12-14(3)4/h1,3,5-12H2,2,4H3,(H,15,16). The second kappa shape index (κ2) is 12.1. The summed E-state index contributed by atoms with van der Waals surface area (Å²) in [4.78, 5) is 9.41. The Bertz CT molecular complexity index is 325. The van der Waals surface area contributed by atoms with Gasteiger partial charge in [0.15, 0.2) is 0 Å². The maximum Gasteiger partial charge on any atom is 0.472 e. The third-order valence-electron chi connectivity index (χ3n) is 2.07. The molecule has 0 aliphatic carbocycles. The second-order valence-corrected chi connectivity index (χ2v) is 6.32. The number of ether oxygens (including phenoxy) is 2. The van der Waals surface area contributed by atoms with E-state index >= 15 is 0 Å². The lowest BCUT2D eigenvalue weighted by Gasteiger charge is -2.12. The second-order valence-electron chi connectivity index (χ2n) is 4.86. The molecule has 0 spiro atoms. The average molecular weight is 322 g/mol. The minimum atomic E-state index is -3.97. The van der Waals surface area contributed by atoms with E-state index in [2.05, 4.69) is 13.2 Å². The zero-order chi connectivity index (χ0) is 16.1. The molecule has 0 aliphatic rings. The maximum atomic E-state index is 11.5. The van der Waals surface area contributed by atoms with Crippen molar-refractivity contribution < 1.29 is 28.0 Å². The van der Waals surface area contributed by atoms with Crippen LogP contribution in [-0.4, -0.2) is 44.5 Å². The third-order valence-corrected chi connectivity index (χ3v) is 3.09. The molecular weight excluding hydrogens is 295 g/mol. The summed E-state index contributed by atoms with van der Waals surface area (Å²) in [7, 11) is -3.97. The Morgan fingerprint density at radius 3 is 1.62 bits per heavy atom. The molecule has 0 aromatic heterocycles. The van der Waals surface area contributed by atoms with Gasteiger partial charge in [-0.1, -0.05) is 24.3 Å². The van der Waals surface area contributed by atoms with Gasteiger partial charge in [-0.15, -0.1) is 0 Å². The molecule has 124 valence electrons. The summed E-state index contributed by atoms with van der Waals surface area (Å²) in [6, 6.07) is 0. The van der Waals surface area contributed by atoms with Gasteiger partial charge in [0.05, 0.1) is 26.4 Å². The fourth-order valence-corrected chi connectivity index (χ4v) is 2.01. The van der Waals surface area contributed by atoms with Crippen LogP contribution in [0, 0.1) is 0 Å². The molecule has 0 saturated heterocycles. The van der Waals surface area contributed by atoms with Gasteiger partial charge in [0.1, 0.15) is 0 Å². The van der Waals surface area contributed by atoms with Gasteiger partial charge in [-0.3, -0.25) is 9.05 Å². The quantitative estimate of drug-likeness (QED) is 0.301. The summed E-state index contributed by atoms with van der Waals surface area (Å²) in [5.74, 6) is 0. The van der Waals surface area contributed by atoms with Crippen molar-refractivity contribution in [3.63, 3.8) is 0 Å². The van der Waals surface area contributed by atoms with Gasteiger partial charge in [-0.2, -0.15) is 0 Å². The summed E-state index contributed by atoms with van der Waals surface area (Å²) < 4.78 is 31.6. The number of rotatable bonds is 14. The molecule has 7 heteroatoms. The van der Waals surface area contributed by atoms with E-state index in [9.17, 15) is 9.46 Å². The fourth-order valence-electron chi connectivity index (χ4n) is 1.21. The first kappa shape index (κ1) is 20.5. The van der Waals surface area contributed by atoms with E-state index in [4.69, 9.17) is 18.5 Å². The van der Waals surface area contributed by atoms with Crippen LogP contribution in [-0.2, 0) is 23.1 Å². The third kappa shape index (κ3) is 15.7. The first-order valence-corrected chi connectivity index (χ1v) is 8.39. The molecule has 0 aliphatic heterocycles. The summed E-state index contributed by atoms with van der Waals surface area (Å²) in [6.07, 6.45) is 1.03. The van der Waals surface area contributed by atoms with Crippen molar-refractivity contribution in [1.82, 2.24) is 0 Å². The molecule has 0 atom stereocenters. The normalized spacial score (nSPS) is 11.6. The summed E-state index contributed by atoms with van der Waals surface area (Å²) in [5.41, 5.74) is 1.86. The van der Waals surface area contributed by atoms with Crippen LogP contribution in [0.15, 0.2) is 24.3 Å². The highest BCUT2D eigenvalue weighted by Gasteiger charge is 2.19. The highest BCUT2D eigenvalue weighted by Crippen LogP contribution is 2.43. The van der Waals surface area contributed by atoms with Crippen LogP contribution in [0.25, 0.3) is 0 Å². The number of hydrogen-bond acceptors (Lipinski definition) is 5. The van der Waals surface area contributed by atoms with Crippen molar-refractivity contribution in [2.24, 2.45) is 0 Å². The van der Waals surface area contributed by atoms with Crippen LogP contribution in [0.5, 0.6) is 0 Å². The lowest BCUT2D eigenvalue weighted by Crippen LogP contribution is -2.05. The Morgan fingerprint density at radius 2 is 1.29 bits per heavy atom. The lowest BCUT2D eigenvalue weighted by atomic mass is 10.4. The molecule has 21 heavy (non-hydrogen) atoms. The molecule has 0 unspecified atom stereocenters. The van der Waals surface area contributed by atoms with Crippen LogP contribution < -0.4 is 0 Å². The van der Waals surface area contributed by atoms with Gasteiger partial charge in [0, 0.05) is 13.2 Å². The molecule has 0 bridgehead atoms. The van der Waals surface area contributed by atoms with Crippen LogP contribution in [0.2, 0.25) is 0 Å². The Kier molecular flexibility index (Phi) is 11.8. The minimum Gasteiger partial charge on any atom is -0.377 e. The zero-order valence-electron chi connectivity index (χ0n) is 13.0. The highest BCUT2D eigenvalue weighted by molar-refractivity contribution is 7.47. The number of hydrogen-bond donors (Lipinski definition) is 1. The smallest absolute Gasteiger partial charge is 0.377 e. The number of phosphoric ester groups is 1. The van der Waals surface area contributed by atoms with E-state index in [1.807, 2.05) is 13.8 Å². The summed E-state index contributed by atoms with van der Waals surface area (Å²) >= 11 is 0. The van der Waals surface area contributed by atoms with E-state index in [0.717, 1.165) is 11.1 Å². The topological polar surface area (TPSA) is 74.2 Å². The Hall–Kier alpha value is -0.490. The van der Waals surface area contributed by atoms with E-state index in [1.54, 1.807) is 0 Å². The van der Waals surface area contributed by atoms with Gasteiger partial charge < -0.3 is 14.4 Å². The van der Waals surface area contributed by atoms with Gasteiger partial charge in [-0.25, -0.2) is 4.57 Å². The molecule has 0 saturated carbocycles. The van der Waals surface area contributed by atoms with Crippen molar-refractivity contribution in [3.8, 4) is 0 Å². The molecular formula is C14H27O6P. The van der Waals surface area contributed by atoms with Gasteiger partial charge in [-0.05, 0) is 26.7 Å². The molecule has 0 rings (SSSR count). The average Bonchev–Trinajstić information content (AvgIpc) is 2.37. The van der Waals surface area contributed by atoms with E-state index in [0.29, 0.717) is 39.3 Å². The van der Waals surface area contributed by atoms with E-state index in [1.165, 1.54) is 0 Å². The van der Waals surface area contributed by atoms with Crippen molar-refractivity contribution in [2.45, 2.75) is 26.7 Å². The lowest BCUT2D eigenvalue weighted by molar-refractivity contribution is 0.102. The van der Waals surface area contributed by atoms with Crippen molar-refractivity contribution >= 4 is 7.82 Å². The predicted molar refractivity (Wildman–Crippen MR) is 82.2 cm³/mol. The Balaban J connectivity index is 3.49. The molecule has 0 fully saturated rings. The monoisotopic (exact) mass is 322 g/mol. The van der Waals surface area contributed by atoms with Gasteiger partial charge in [0.25, 0.3) is 0 Å². The van der Waals surface area contributed by atoms with E-state index in [-0.39, 0.29) is 13.2 Å². The van der Waals surface area contributed by atoms with Crippen molar-refractivity contribution in [1.29, 1.82) is 0 Å². The molecule has 6 nitrogen and oxygen atoms in total. The Morgan fingerprint density at radius 1 is 0.905 bits per heavy atom. The summed E-state index contributed by atoms with van der Waals surface area (Å²) in [5, 5.41) is 0.